The van der Waals surface area contributed by atoms with Gasteiger partial charge in [-0.15, -0.1) is 0 Å². The summed E-state index contributed by atoms with van der Waals surface area (Å²) in [5, 5.41) is 6.89. The number of rotatable bonds is 4. The number of unbranched alkanes of at least 4 members (excludes halogenated alkanes) is 1. The lowest BCUT2D eigenvalue weighted by atomic mass is 9.77. The summed E-state index contributed by atoms with van der Waals surface area (Å²) in [6.07, 6.45) is 5.30. The van der Waals surface area contributed by atoms with Gasteiger partial charge in [-0.2, -0.15) is 0 Å². The van der Waals surface area contributed by atoms with Crippen molar-refractivity contribution in [1.29, 1.82) is 0 Å². The molecule has 2 fully saturated rings. The average Bonchev–Trinajstić information content (AvgIpc) is 2.54. The summed E-state index contributed by atoms with van der Waals surface area (Å²) < 4.78 is 6.51. The Labute approximate surface area is 129 Å². The van der Waals surface area contributed by atoms with Crippen molar-refractivity contribution in [2.45, 2.75) is 102 Å². The molecule has 4 nitrogen and oxygen atoms in total. The van der Waals surface area contributed by atoms with E-state index < -0.39 is 11.3 Å². The Hall–Kier alpha value is -0.610. The number of carbonyl (C=O) groups excluding carboxylic acids is 1. The number of nitrogens with one attached hydrogen (secondary N) is 2. The van der Waals surface area contributed by atoms with E-state index in [2.05, 4.69) is 52.2 Å². The van der Waals surface area contributed by atoms with Crippen LogP contribution in [0.3, 0.4) is 0 Å². The molecule has 2 N–H and O–H groups in total. The molecule has 0 aromatic rings. The zero-order valence-corrected chi connectivity index (χ0v) is 14.6. The molecular formula is C17H32N2O2. The Kier molecular flexibility index (Phi) is 4.18. The minimum Gasteiger partial charge on any atom is -0.339 e. The summed E-state index contributed by atoms with van der Waals surface area (Å²) in [6, 6.07) is 0. The van der Waals surface area contributed by atoms with Crippen LogP contribution in [0.1, 0.15) is 80.1 Å². The molecule has 2 saturated heterocycles. The highest BCUT2D eigenvalue weighted by atomic mass is 16.6. The van der Waals surface area contributed by atoms with E-state index in [9.17, 15) is 4.79 Å². The molecular weight excluding hydrogens is 264 g/mol. The lowest BCUT2D eigenvalue weighted by molar-refractivity contribution is -0.161. The van der Waals surface area contributed by atoms with Gasteiger partial charge in [-0.25, -0.2) is 0 Å². The van der Waals surface area contributed by atoms with E-state index in [4.69, 9.17) is 4.74 Å². The van der Waals surface area contributed by atoms with Crippen LogP contribution in [0.2, 0.25) is 0 Å². The number of hydrogen-bond donors (Lipinski definition) is 2. The standard InChI is InChI=1S/C17H32N2O2/c1-7-9-10-16(8-2)13(20)18-17(21-16)11-14(3,4)19-15(5,6)12-17/h19H,7-12H2,1-6H3,(H,18,20). The van der Waals surface area contributed by atoms with Gasteiger partial charge in [-0.3, -0.25) is 4.79 Å². The first kappa shape index (κ1) is 16.8. The zero-order chi connectivity index (χ0) is 15.9. The Morgan fingerprint density at radius 1 is 1.10 bits per heavy atom. The highest BCUT2D eigenvalue weighted by molar-refractivity contribution is 5.87. The quantitative estimate of drug-likeness (QED) is 0.838. The molecule has 0 radical (unpaired) electrons. The first-order chi connectivity index (χ1) is 9.58. The molecule has 2 rings (SSSR count). The second-order valence-corrected chi connectivity index (χ2v) is 8.25. The first-order valence-corrected chi connectivity index (χ1v) is 8.40. The molecule has 0 saturated carbocycles. The largest absolute Gasteiger partial charge is 0.339 e. The van der Waals surface area contributed by atoms with Crippen molar-refractivity contribution in [3.05, 3.63) is 0 Å². The Morgan fingerprint density at radius 2 is 1.67 bits per heavy atom. The molecule has 21 heavy (non-hydrogen) atoms. The third-order valence-electron chi connectivity index (χ3n) is 4.78. The van der Waals surface area contributed by atoms with Gasteiger partial charge in [0.15, 0.2) is 0 Å². The van der Waals surface area contributed by atoms with Crippen molar-refractivity contribution in [3.8, 4) is 0 Å². The molecule has 1 atom stereocenters. The molecule has 0 aliphatic carbocycles. The van der Waals surface area contributed by atoms with Crippen molar-refractivity contribution in [1.82, 2.24) is 10.6 Å². The van der Waals surface area contributed by atoms with Gasteiger partial charge in [0.05, 0.1) is 0 Å². The lowest BCUT2D eigenvalue weighted by Crippen LogP contribution is -2.66. The molecule has 0 aromatic heterocycles. The van der Waals surface area contributed by atoms with Crippen LogP contribution in [-0.2, 0) is 9.53 Å². The summed E-state index contributed by atoms with van der Waals surface area (Å²) in [4.78, 5) is 12.7. The fourth-order valence-corrected chi connectivity index (χ4v) is 4.46. The molecule has 1 spiro atoms. The minimum atomic E-state index is -0.625. The van der Waals surface area contributed by atoms with Crippen LogP contribution in [0.15, 0.2) is 0 Å². The summed E-state index contributed by atoms with van der Waals surface area (Å²) in [6.45, 7) is 13.0. The molecule has 2 heterocycles. The van der Waals surface area contributed by atoms with Crippen LogP contribution in [0.4, 0.5) is 0 Å². The van der Waals surface area contributed by atoms with Gasteiger partial charge >= 0.3 is 0 Å². The summed E-state index contributed by atoms with van der Waals surface area (Å²) in [5.74, 6) is 0.0898. The highest BCUT2D eigenvalue weighted by Crippen LogP contribution is 2.45. The van der Waals surface area contributed by atoms with E-state index >= 15 is 0 Å². The number of piperidine rings is 1. The van der Waals surface area contributed by atoms with Crippen LogP contribution in [-0.4, -0.2) is 28.3 Å². The van der Waals surface area contributed by atoms with Gasteiger partial charge in [-0.1, -0.05) is 26.7 Å². The predicted molar refractivity (Wildman–Crippen MR) is 85.0 cm³/mol. The molecule has 1 amide bonds. The van der Waals surface area contributed by atoms with Crippen molar-refractivity contribution in [2.24, 2.45) is 0 Å². The molecule has 0 aromatic carbocycles. The van der Waals surface area contributed by atoms with Crippen molar-refractivity contribution in [3.63, 3.8) is 0 Å². The van der Waals surface area contributed by atoms with Gasteiger partial charge in [0.2, 0.25) is 0 Å². The van der Waals surface area contributed by atoms with Crippen molar-refractivity contribution in [2.75, 3.05) is 0 Å². The normalized spacial score (nSPS) is 33.1. The number of amides is 1. The monoisotopic (exact) mass is 296 g/mol. The Bertz CT molecular complexity index is 401. The minimum absolute atomic E-state index is 0.0520. The van der Waals surface area contributed by atoms with E-state index in [1.54, 1.807) is 0 Å². The van der Waals surface area contributed by atoms with Crippen molar-refractivity contribution < 1.29 is 9.53 Å². The number of hydrogen-bond acceptors (Lipinski definition) is 3. The van der Waals surface area contributed by atoms with Crippen LogP contribution in [0.25, 0.3) is 0 Å². The summed E-state index contributed by atoms with van der Waals surface area (Å²) >= 11 is 0. The fourth-order valence-electron chi connectivity index (χ4n) is 4.46. The van der Waals surface area contributed by atoms with E-state index in [0.29, 0.717) is 0 Å². The lowest BCUT2D eigenvalue weighted by Gasteiger charge is -2.51. The Morgan fingerprint density at radius 3 is 2.14 bits per heavy atom. The van der Waals surface area contributed by atoms with Gasteiger partial charge in [0.25, 0.3) is 5.91 Å². The van der Waals surface area contributed by atoms with E-state index in [1.165, 1.54) is 0 Å². The topological polar surface area (TPSA) is 50.4 Å². The Balaban J connectivity index is 2.27. The third kappa shape index (κ3) is 3.26. The average molecular weight is 296 g/mol. The van der Waals surface area contributed by atoms with E-state index in [-0.39, 0.29) is 17.0 Å². The van der Waals surface area contributed by atoms with Gasteiger partial charge in [-0.05, 0) is 40.5 Å². The summed E-state index contributed by atoms with van der Waals surface area (Å²) in [7, 11) is 0. The molecule has 122 valence electrons. The zero-order valence-electron chi connectivity index (χ0n) is 14.6. The first-order valence-electron chi connectivity index (χ1n) is 8.40. The molecule has 0 bridgehead atoms. The third-order valence-corrected chi connectivity index (χ3v) is 4.78. The second kappa shape index (κ2) is 5.24. The van der Waals surface area contributed by atoms with E-state index in [0.717, 1.165) is 38.5 Å². The van der Waals surface area contributed by atoms with Gasteiger partial charge in [0.1, 0.15) is 11.3 Å². The van der Waals surface area contributed by atoms with E-state index in [1.807, 2.05) is 0 Å². The molecule has 4 heteroatoms. The fraction of sp³-hybridized carbons (Fsp3) is 0.941. The second-order valence-electron chi connectivity index (χ2n) is 8.25. The smallest absolute Gasteiger partial charge is 0.254 e. The maximum absolute atomic E-state index is 12.7. The van der Waals surface area contributed by atoms with Crippen LogP contribution < -0.4 is 10.6 Å². The predicted octanol–water partition coefficient (Wildman–Crippen LogP) is 3.11. The van der Waals surface area contributed by atoms with Crippen LogP contribution in [0, 0.1) is 0 Å². The highest BCUT2D eigenvalue weighted by Gasteiger charge is 2.59. The van der Waals surface area contributed by atoms with Crippen LogP contribution >= 0.6 is 0 Å². The molecule has 2 aliphatic rings. The molecule has 1 unspecified atom stereocenters. The number of carbonyl (C=O) groups is 1. The molecule has 2 aliphatic heterocycles. The van der Waals surface area contributed by atoms with Crippen LogP contribution in [0.5, 0.6) is 0 Å². The van der Waals surface area contributed by atoms with Crippen molar-refractivity contribution >= 4 is 5.91 Å². The SMILES string of the molecule is CCCCC1(CC)OC2(CC(C)(C)NC(C)(C)C2)NC1=O. The number of ether oxygens (including phenoxy) is 1. The van der Waals surface area contributed by atoms with Gasteiger partial charge < -0.3 is 15.4 Å². The van der Waals surface area contributed by atoms with Gasteiger partial charge in [0, 0.05) is 23.9 Å². The maximum Gasteiger partial charge on any atom is 0.254 e. The maximum atomic E-state index is 12.7. The summed E-state index contributed by atoms with van der Waals surface area (Å²) in [5.41, 5.74) is -1.24.